The zero-order valence-electron chi connectivity index (χ0n) is 10.6. The molecule has 0 saturated heterocycles. The molecule has 0 radical (unpaired) electrons. The fraction of sp³-hybridized carbons (Fsp3) is 0.250. The molecule has 0 fully saturated rings. The highest BCUT2D eigenvalue weighted by molar-refractivity contribution is 5.86. The Hall–Kier alpha value is -2.16. The quantitative estimate of drug-likeness (QED) is 0.709. The number of phenolic OH excluding ortho intramolecular Hbond substituents is 2. The number of aromatic hydroxyl groups is 2. The molecule has 2 aliphatic rings. The Morgan fingerprint density at radius 2 is 1.58 bits per heavy atom. The van der Waals surface area contributed by atoms with Gasteiger partial charge in [0.25, 0.3) is 0 Å². The number of hydrogen-bond acceptors (Lipinski definition) is 3. The minimum absolute atomic E-state index is 0.0260. The number of para-hydroxylation sites is 1. The van der Waals surface area contributed by atoms with Gasteiger partial charge in [-0.25, -0.2) is 0 Å². The predicted molar refractivity (Wildman–Crippen MR) is 74.8 cm³/mol. The summed E-state index contributed by atoms with van der Waals surface area (Å²) in [6.07, 6.45) is 2.00. The molecule has 2 aliphatic heterocycles. The lowest BCUT2D eigenvalue weighted by Gasteiger charge is -2.18. The molecule has 96 valence electrons. The maximum atomic E-state index is 9.78. The number of anilines is 1. The lowest BCUT2D eigenvalue weighted by atomic mass is 9.95. The van der Waals surface area contributed by atoms with E-state index in [0.29, 0.717) is 0 Å². The molecule has 0 spiro atoms. The van der Waals surface area contributed by atoms with Gasteiger partial charge in [-0.3, -0.25) is 0 Å². The van der Waals surface area contributed by atoms with E-state index < -0.39 is 0 Å². The second-order valence-corrected chi connectivity index (χ2v) is 5.30. The Morgan fingerprint density at radius 3 is 2.42 bits per heavy atom. The molecular formula is C16H15NO2. The second kappa shape index (κ2) is 3.67. The molecule has 2 N–H and O–H groups in total. The first-order valence-electron chi connectivity index (χ1n) is 6.66. The van der Waals surface area contributed by atoms with Crippen LogP contribution in [0.1, 0.15) is 11.1 Å². The highest BCUT2D eigenvalue weighted by Gasteiger charge is 2.27. The monoisotopic (exact) mass is 253 g/mol. The molecule has 0 atom stereocenters. The van der Waals surface area contributed by atoms with Crippen molar-refractivity contribution < 1.29 is 10.2 Å². The first-order chi connectivity index (χ1) is 9.24. The van der Waals surface area contributed by atoms with Crippen molar-refractivity contribution in [2.24, 2.45) is 0 Å². The Bertz CT molecular complexity index is 679. The fourth-order valence-corrected chi connectivity index (χ4v) is 3.31. The van der Waals surface area contributed by atoms with Gasteiger partial charge in [0.05, 0.1) is 0 Å². The van der Waals surface area contributed by atoms with Gasteiger partial charge in [0.1, 0.15) is 0 Å². The first kappa shape index (κ1) is 10.7. The number of fused-ring (bicyclic) bond motifs is 2. The summed E-state index contributed by atoms with van der Waals surface area (Å²) in [5, 5.41) is 19.5. The molecule has 0 unspecified atom stereocenters. The summed E-state index contributed by atoms with van der Waals surface area (Å²) in [4.78, 5) is 2.42. The van der Waals surface area contributed by atoms with E-state index in [0.717, 1.165) is 37.1 Å². The minimum Gasteiger partial charge on any atom is -0.504 e. The van der Waals surface area contributed by atoms with E-state index in [-0.39, 0.29) is 11.5 Å². The van der Waals surface area contributed by atoms with Gasteiger partial charge in [-0.1, -0.05) is 18.2 Å². The molecule has 0 saturated carbocycles. The van der Waals surface area contributed by atoms with Gasteiger partial charge < -0.3 is 15.1 Å². The van der Waals surface area contributed by atoms with Crippen molar-refractivity contribution in [1.29, 1.82) is 0 Å². The van der Waals surface area contributed by atoms with Crippen LogP contribution in [0, 0.1) is 0 Å². The molecule has 2 aromatic rings. The fourth-order valence-electron chi connectivity index (χ4n) is 3.31. The predicted octanol–water partition coefficient (Wildman–Crippen LogP) is 2.68. The molecule has 0 aromatic heterocycles. The normalized spacial score (nSPS) is 15.9. The third kappa shape index (κ3) is 1.44. The molecule has 2 heterocycles. The number of hydrogen-bond donors (Lipinski definition) is 2. The molecule has 19 heavy (non-hydrogen) atoms. The van der Waals surface area contributed by atoms with E-state index in [4.69, 9.17) is 0 Å². The Morgan fingerprint density at radius 1 is 0.842 bits per heavy atom. The van der Waals surface area contributed by atoms with Gasteiger partial charge >= 0.3 is 0 Å². The van der Waals surface area contributed by atoms with E-state index in [9.17, 15) is 10.2 Å². The van der Waals surface area contributed by atoms with Gasteiger partial charge in [-0.2, -0.15) is 0 Å². The average Bonchev–Trinajstić information content (AvgIpc) is 2.76. The zero-order chi connectivity index (χ0) is 13.0. The SMILES string of the molecule is Oc1cc2c(cc1O)-c1cccc3c1N(CC2)CC3. The van der Waals surface area contributed by atoms with Gasteiger partial charge in [0.2, 0.25) is 0 Å². The van der Waals surface area contributed by atoms with Crippen LogP contribution in [0.5, 0.6) is 11.5 Å². The van der Waals surface area contributed by atoms with E-state index >= 15 is 0 Å². The average molecular weight is 253 g/mol. The molecule has 0 aliphatic carbocycles. The van der Waals surface area contributed by atoms with Crippen molar-refractivity contribution >= 4 is 5.69 Å². The van der Waals surface area contributed by atoms with Crippen LogP contribution in [-0.4, -0.2) is 23.3 Å². The number of rotatable bonds is 0. The number of nitrogens with zero attached hydrogens (tertiary/aromatic N) is 1. The molecule has 0 amide bonds. The number of phenols is 2. The van der Waals surface area contributed by atoms with Gasteiger partial charge in [-0.05, 0) is 41.7 Å². The summed E-state index contributed by atoms with van der Waals surface area (Å²) in [5.74, 6) is -0.0650. The van der Waals surface area contributed by atoms with Gasteiger partial charge in [-0.15, -0.1) is 0 Å². The summed E-state index contributed by atoms with van der Waals surface area (Å²) in [6, 6.07) is 9.77. The van der Waals surface area contributed by atoms with Crippen molar-refractivity contribution in [3.05, 3.63) is 41.5 Å². The van der Waals surface area contributed by atoms with Crippen LogP contribution < -0.4 is 4.90 Å². The van der Waals surface area contributed by atoms with E-state index in [1.165, 1.54) is 16.8 Å². The van der Waals surface area contributed by atoms with Crippen molar-refractivity contribution in [2.75, 3.05) is 18.0 Å². The van der Waals surface area contributed by atoms with Crippen LogP contribution in [0.25, 0.3) is 11.1 Å². The minimum atomic E-state index is -0.0391. The molecule has 3 heteroatoms. The topological polar surface area (TPSA) is 43.7 Å². The van der Waals surface area contributed by atoms with E-state index in [1.807, 2.05) is 0 Å². The Balaban J connectivity index is 2.03. The van der Waals surface area contributed by atoms with Crippen LogP contribution in [0.15, 0.2) is 30.3 Å². The van der Waals surface area contributed by atoms with Crippen molar-refractivity contribution in [3.8, 4) is 22.6 Å². The van der Waals surface area contributed by atoms with Crippen LogP contribution in [-0.2, 0) is 12.8 Å². The van der Waals surface area contributed by atoms with Gasteiger partial charge in [0, 0.05) is 24.3 Å². The largest absolute Gasteiger partial charge is 0.504 e. The summed E-state index contributed by atoms with van der Waals surface area (Å²) < 4.78 is 0. The van der Waals surface area contributed by atoms with Crippen molar-refractivity contribution in [3.63, 3.8) is 0 Å². The molecule has 3 nitrogen and oxygen atoms in total. The first-order valence-corrected chi connectivity index (χ1v) is 6.66. The van der Waals surface area contributed by atoms with E-state index in [1.54, 1.807) is 12.1 Å². The molecule has 2 aromatic carbocycles. The maximum absolute atomic E-state index is 9.78. The highest BCUT2D eigenvalue weighted by Crippen LogP contribution is 2.44. The van der Waals surface area contributed by atoms with E-state index in [2.05, 4.69) is 23.1 Å². The smallest absolute Gasteiger partial charge is 0.158 e. The number of benzene rings is 2. The second-order valence-electron chi connectivity index (χ2n) is 5.30. The summed E-state index contributed by atoms with van der Waals surface area (Å²) in [5.41, 5.74) is 6.04. The Kier molecular flexibility index (Phi) is 2.07. The lowest BCUT2D eigenvalue weighted by Crippen LogP contribution is -2.22. The standard InChI is InChI=1S/C16H15NO2/c18-14-8-11-5-7-17-6-4-10-2-1-3-12(16(10)17)13(11)9-15(14)19/h1-3,8-9,18-19H,4-7H2. The third-order valence-corrected chi connectivity index (χ3v) is 4.23. The molecule has 0 bridgehead atoms. The van der Waals surface area contributed by atoms with Crippen LogP contribution in [0.2, 0.25) is 0 Å². The summed E-state index contributed by atoms with van der Waals surface area (Å²) >= 11 is 0. The summed E-state index contributed by atoms with van der Waals surface area (Å²) in [7, 11) is 0. The summed E-state index contributed by atoms with van der Waals surface area (Å²) in [6.45, 7) is 2.04. The van der Waals surface area contributed by atoms with Crippen molar-refractivity contribution in [2.45, 2.75) is 12.8 Å². The maximum Gasteiger partial charge on any atom is 0.158 e. The Labute approximate surface area is 111 Å². The van der Waals surface area contributed by atoms with Gasteiger partial charge in [0.15, 0.2) is 11.5 Å². The van der Waals surface area contributed by atoms with Crippen LogP contribution in [0.4, 0.5) is 5.69 Å². The molecule has 4 rings (SSSR count). The zero-order valence-corrected chi connectivity index (χ0v) is 10.6. The highest BCUT2D eigenvalue weighted by atomic mass is 16.3. The van der Waals surface area contributed by atoms with Crippen LogP contribution >= 0.6 is 0 Å². The lowest BCUT2D eigenvalue weighted by molar-refractivity contribution is 0.403. The third-order valence-electron chi connectivity index (χ3n) is 4.23. The van der Waals surface area contributed by atoms with Crippen molar-refractivity contribution in [1.82, 2.24) is 0 Å². The molecular weight excluding hydrogens is 238 g/mol. The van der Waals surface area contributed by atoms with Crippen LogP contribution in [0.3, 0.4) is 0 Å².